The minimum Gasteiger partial charge on any atom is -0.496 e. The molecular weight excluding hydrogens is 234 g/mol. The number of halogens is 1. The van der Waals surface area contributed by atoms with Crippen LogP contribution >= 0.6 is 11.6 Å². The lowest BCUT2D eigenvalue weighted by Crippen LogP contribution is -2.16. The third-order valence-corrected chi connectivity index (χ3v) is 3.00. The van der Waals surface area contributed by atoms with Crippen LogP contribution in [0.25, 0.3) is 0 Å². The molecule has 0 aliphatic rings. The van der Waals surface area contributed by atoms with Gasteiger partial charge in [-0.25, -0.2) is 0 Å². The Bertz CT molecular complexity index is 358. The van der Waals surface area contributed by atoms with E-state index < -0.39 is 0 Å². The minimum atomic E-state index is 0.168. The van der Waals surface area contributed by atoms with E-state index >= 15 is 0 Å². The summed E-state index contributed by atoms with van der Waals surface area (Å²) in [5.74, 6) is 0.953. The number of benzene rings is 1. The Kier molecular flexibility index (Phi) is 5.29. The Morgan fingerprint density at radius 3 is 2.53 bits per heavy atom. The van der Waals surface area contributed by atoms with Crippen molar-refractivity contribution in [1.82, 2.24) is 5.32 Å². The van der Waals surface area contributed by atoms with Crippen LogP contribution in [0.5, 0.6) is 5.75 Å². The topological polar surface area (TPSA) is 21.3 Å². The van der Waals surface area contributed by atoms with Crippen molar-refractivity contribution >= 4 is 11.6 Å². The van der Waals surface area contributed by atoms with Crippen LogP contribution in [0.3, 0.4) is 0 Å². The molecule has 0 saturated carbocycles. The van der Waals surface area contributed by atoms with Crippen LogP contribution in [0.15, 0.2) is 18.2 Å². The molecule has 17 heavy (non-hydrogen) atoms. The van der Waals surface area contributed by atoms with Crippen molar-refractivity contribution in [2.75, 3.05) is 19.7 Å². The van der Waals surface area contributed by atoms with Crippen molar-refractivity contribution in [3.63, 3.8) is 0 Å². The normalized spacial score (nSPS) is 11.6. The highest BCUT2D eigenvalue weighted by atomic mass is 35.5. The second-order valence-electron chi connectivity index (χ2n) is 5.16. The van der Waals surface area contributed by atoms with Crippen molar-refractivity contribution in [2.45, 2.75) is 32.6 Å². The van der Waals surface area contributed by atoms with E-state index in [4.69, 9.17) is 16.3 Å². The van der Waals surface area contributed by atoms with Crippen LogP contribution in [0.2, 0.25) is 0 Å². The van der Waals surface area contributed by atoms with Gasteiger partial charge in [0.15, 0.2) is 0 Å². The summed E-state index contributed by atoms with van der Waals surface area (Å²) in [6.45, 7) is 7.52. The average Bonchev–Trinajstić information content (AvgIpc) is 2.28. The van der Waals surface area contributed by atoms with Gasteiger partial charge in [0.1, 0.15) is 5.75 Å². The first-order valence-corrected chi connectivity index (χ1v) is 6.46. The third kappa shape index (κ3) is 4.21. The first-order chi connectivity index (χ1) is 7.99. The lowest BCUT2D eigenvalue weighted by Gasteiger charge is -2.21. The molecule has 2 nitrogen and oxygen atoms in total. The highest BCUT2D eigenvalue weighted by Crippen LogP contribution is 2.28. The maximum Gasteiger partial charge on any atom is 0.122 e. The highest BCUT2D eigenvalue weighted by molar-refractivity contribution is 6.17. The van der Waals surface area contributed by atoms with Crippen molar-refractivity contribution in [3.8, 4) is 5.75 Å². The highest BCUT2D eigenvalue weighted by Gasteiger charge is 2.15. The van der Waals surface area contributed by atoms with Gasteiger partial charge >= 0.3 is 0 Å². The molecule has 0 aliphatic carbocycles. The largest absolute Gasteiger partial charge is 0.496 e. The van der Waals surface area contributed by atoms with Gasteiger partial charge in [0, 0.05) is 6.54 Å². The molecule has 1 N–H and O–H groups in total. The standard InChI is InChI=1S/C14H22ClNO/c1-14(2,3)12-5-6-13(17-4)11(9-12)7-8-16-10-15/h5-6,9,16H,7-8,10H2,1-4H3. The molecule has 0 fully saturated rings. The molecule has 1 rings (SSSR count). The fourth-order valence-electron chi connectivity index (χ4n) is 1.73. The van der Waals surface area contributed by atoms with Crippen LogP contribution in [-0.2, 0) is 11.8 Å². The van der Waals surface area contributed by atoms with Crippen molar-refractivity contribution in [1.29, 1.82) is 0 Å². The van der Waals surface area contributed by atoms with Crippen molar-refractivity contribution in [3.05, 3.63) is 29.3 Å². The van der Waals surface area contributed by atoms with E-state index in [0.29, 0.717) is 6.00 Å². The SMILES string of the molecule is COc1ccc(C(C)(C)C)cc1CCNCCl. The number of nitrogens with one attached hydrogen (secondary N) is 1. The van der Waals surface area contributed by atoms with E-state index in [9.17, 15) is 0 Å². The molecule has 1 aromatic rings. The first kappa shape index (κ1) is 14.3. The molecular formula is C14H22ClNO. The van der Waals surface area contributed by atoms with Gasteiger partial charge < -0.3 is 10.1 Å². The maximum absolute atomic E-state index is 5.60. The van der Waals surface area contributed by atoms with E-state index in [2.05, 4.69) is 44.3 Å². The van der Waals surface area contributed by atoms with Gasteiger partial charge in [0.05, 0.1) is 13.1 Å². The summed E-state index contributed by atoms with van der Waals surface area (Å²) >= 11 is 5.60. The molecule has 0 aromatic heterocycles. The number of hydrogen-bond donors (Lipinski definition) is 1. The summed E-state index contributed by atoms with van der Waals surface area (Å²) in [7, 11) is 1.71. The zero-order chi connectivity index (χ0) is 12.9. The number of ether oxygens (including phenoxy) is 1. The number of rotatable bonds is 5. The number of hydrogen-bond acceptors (Lipinski definition) is 2. The van der Waals surface area contributed by atoms with Crippen LogP contribution in [0.4, 0.5) is 0 Å². The Labute approximate surface area is 109 Å². The summed E-state index contributed by atoms with van der Waals surface area (Å²) in [6.07, 6.45) is 0.930. The lowest BCUT2D eigenvalue weighted by molar-refractivity contribution is 0.408. The summed E-state index contributed by atoms with van der Waals surface area (Å²) in [5.41, 5.74) is 2.73. The van der Waals surface area contributed by atoms with Gasteiger partial charge in [-0.15, -0.1) is 11.6 Å². The van der Waals surface area contributed by atoms with E-state index in [1.165, 1.54) is 11.1 Å². The van der Waals surface area contributed by atoms with E-state index in [0.717, 1.165) is 18.7 Å². The van der Waals surface area contributed by atoms with Crippen LogP contribution in [0.1, 0.15) is 31.9 Å². The molecule has 0 saturated heterocycles. The molecule has 0 aliphatic heterocycles. The van der Waals surface area contributed by atoms with Crippen molar-refractivity contribution < 1.29 is 4.74 Å². The summed E-state index contributed by atoms with van der Waals surface area (Å²) < 4.78 is 5.38. The first-order valence-electron chi connectivity index (χ1n) is 5.93. The quantitative estimate of drug-likeness (QED) is 0.495. The van der Waals surface area contributed by atoms with Gasteiger partial charge in [-0.3, -0.25) is 0 Å². The summed E-state index contributed by atoms with van der Waals surface area (Å²) in [5, 5.41) is 3.12. The zero-order valence-corrected chi connectivity index (χ0v) is 11.9. The monoisotopic (exact) mass is 255 g/mol. The Morgan fingerprint density at radius 1 is 1.29 bits per heavy atom. The number of alkyl halides is 1. The van der Waals surface area contributed by atoms with Crippen molar-refractivity contribution in [2.24, 2.45) is 0 Å². The van der Waals surface area contributed by atoms with Crippen LogP contribution < -0.4 is 10.1 Å². The predicted molar refractivity (Wildman–Crippen MR) is 74.1 cm³/mol. The van der Waals surface area contributed by atoms with Crippen LogP contribution in [-0.4, -0.2) is 19.7 Å². The fraction of sp³-hybridized carbons (Fsp3) is 0.571. The predicted octanol–water partition coefficient (Wildman–Crippen LogP) is 3.32. The smallest absolute Gasteiger partial charge is 0.122 e. The zero-order valence-electron chi connectivity index (χ0n) is 11.1. The average molecular weight is 256 g/mol. The van der Waals surface area contributed by atoms with Gasteiger partial charge in [-0.2, -0.15) is 0 Å². The lowest BCUT2D eigenvalue weighted by atomic mass is 9.85. The third-order valence-electron chi connectivity index (χ3n) is 2.81. The van der Waals surface area contributed by atoms with Gasteiger partial charge in [-0.05, 0) is 29.0 Å². The van der Waals surface area contributed by atoms with E-state index in [-0.39, 0.29) is 5.41 Å². The molecule has 0 bridgehead atoms. The van der Waals surface area contributed by atoms with Gasteiger partial charge in [-0.1, -0.05) is 32.9 Å². The molecule has 1 aromatic carbocycles. The Morgan fingerprint density at radius 2 is 2.00 bits per heavy atom. The fourth-order valence-corrected chi connectivity index (χ4v) is 1.86. The van der Waals surface area contributed by atoms with Gasteiger partial charge in [0.25, 0.3) is 0 Å². The second-order valence-corrected chi connectivity index (χ2v) is 5.43. The number of methoxy groups -OCH3 is 1. The molecule has 0 amide bonds. The maximum atomic E-state index is 5.60. The summed E-state index contributed by atoms with van der Waals surface area (Å²) in [6, 6.07) is 6.91. The molecule has 0 radical (unpaired) electrons. The minimum absolute atomic E-state index is 0.168. The Hall–Kier alpha value is -0.730. The van der Waals surface area contributed by atoms with Gasteiger partial charge in [0.2, 0.25) is 0 Å². The molecule has 3 heteroatoms. The second kappa shape index (κ2) is 6.27. The van der Waals surface area contributed by atoms with Crippen LogP contribution in [0, 0.1) is 0 Å². The molecule has 0 unspecified atom stereocenters. The molecule has 96 valence electrons. The van der Waals surface area contributed by atoms with E-state index in [1.54, 1.807) is 7.11 Å². The molecule has 0 atom stereocenters. The summed E-state index contributed by atoms with van der Waals surface area (Å²) in [4.78, 5) is 0. The van der Waals surface area contributed by atoms with E-state index in [1.807, 2.05) is 0 Å². The Balaban J connectivity index is 2.90. The molecule has 0 heterocycles. The molecule has 0 spiro atoms.